The predicted octanol–water partition coefficient (Wildman–Crippen LogP) is 1.91. The summed E-state index contributed by atoms with van der Waals surface area (Å²) < 4.78 is 0. The number of anilines is 1. The van der Waals surface area contributed by atoms with Crippen LogP contribution in [-0.4, -0.2) is 23.8 Å². The first-order chi connectivity index (χ1) is 10.6. The fourth-order valence-electron chi connectivity index (χ4n) is 3.39. The second-order valence-electron chi connectivity index (χ2n) is 5.77. The first-order valence-electron chi connectivity index (χ1n) is 7.27. The molecule has 0 bridgehead atoms. The van der Waals surface area contributed by atoms with Gasteiger partial charge >= 0.3 is 0 Å². The van der Waals surface area contributed by atoms with E-state index in [2.05, 4.69) is 5.32 Å². The number of rotatable bonds is 1. The van der Waals surface area contributed by atoms with Crippen LogP contribution in [0.3, 0.4) is 0 Å². The van der Waals surface area contributed by atoms with E-state index in [9.17, 15) is 14.4 Å². The van der Waals surface area contributed by atoms with Gasteiger partial charge in [0.2, 0.25) is 11.8 Å². The third kappa shape index (κ3) is 1.62. The van der Waals surface area contributed by atoms with Gasteiger partial charge in [-0.05, 0) is 36.4 Å². The Morgan fingerprint density at radius 2 is 1.95 bits per heavy atom. The van der Waals surface area contributed by atoms with Crippen LogP contribution in [0.1, 0.15) is 28.8 Å². The average molecular weight is 294 g/mol. The average Bonchev–Trinajstić information content (AvgIpc) is 2.77. The number of carbonyl (C=O) groups excluding carboxylic acids is 3. The number of hydrogen-bond donors (Lipinski definition) is 1. The Morgan fingerprint density at radius 3 is 2.73 bits per heavy atom. The van der Waals surface area contributed by atoms with Crippen LogP contribution < -0.4 is 10.2 Å². The van der Waals surface area contributed by atoms with Crippen molar-refractivity contribution in [2.45, 2.75) is 25.8 Å². The van der Waals surface area contributed by atoms with Crippen LogP contribution in [0, 0.1) is 6.92 Å². The Morgan fingerprint density at radius 1 is 1.14 bits per heavy atom. The standard InChI is InChI=1S/C17H14N2O3/c1-9-5-6-11-15-10(9)3-2-4-12(15)19(17(11)22)13-7-8-14(20)18-16(13)21/h2-6,13H,7-8H2,1H3,(H,18,20,21). The van der Waals surface area contributed by atoms with E-state index in [1.807, 2.05) is 37.3 Å². The lowest BCUT2D eigenvalue weighted by molar-refractivity contribution is -0.134. The molecule has 2 aromatic carbocycles. The molecule has 0 radical (unpaired) electrons. The Balaban J connectivity index is 1.89. The number of hydrogen-bond acceptors (Lipinski definition) is 3. The van der Waals surface area contributed by atoms with E-state index in [-0.39, 0.29) is 18.2 Å². The minimum Gasteiger partial charge on any atom is -0.295 e. The minimum absolute atomic E-state index is 0.166. The molecule has 110 valence electrons. The van der Waals surface area contributed by atoms with Gasteiger partial charge in [0.15, 0.2) is 0 Å². The van der Waals surface area contributed by atoms with Gasteiger partial charge in [-0.2, -0.15) is 0 Å². The van der Waals surface area contributed by atoms with Crippen molar-refractivity contribution in [1.29, 1.82) is 0 Å². The molecule has 0 saturated carbocycles. The second kappa shape index (κ2) is 4.40. The fraction of sp³-hybridized carbons (Fsp3) is 0.235. The maximum absolute atomic E-state index is 12.8. The lowest BCUT2D eigenvalue weighted by Crippen LogP contribution is -2.53. The second-order valence-corrected chi connectivity index (χ2v) is 5.77. The molecular formula is C17H14N2O3. The van der Waals surface area contributed by atoms with Crippen molar-refractivity contribution in [3.8, 4) is 0 Å². The van der Waals surface area contributed by atoms with Gasteiger partial charge in [0.05, 0.1) is 5.69 Å². The molecule has 1 fully saturated rings. The number of benzene rings is 2. The van der Waals surface area contributed by atoms with Crippen molar-refractivity contribution in [3.05, 3.63) is 41.5 Å². The molecule has 2 aliphatic rings. The van der Waals surface area contributed by atoms with Crippen LogP contribution in [-0.2, 0) is 9.59 Å². The SMILES string of the molecule is Cc1ccc2c3c(cccc13)N(C1CCC(=O)NC1=O)C2=O. The van der Waals surface area contributed by atoms with Crippen LogP contribution in [0.5, 0.6) is 0 Å². The molecule has 5 nitrogen and oxygen atoms in total. The number of imide groups is 1. The summed E-state index contributed by atoms with van der Waals surface area (Å²) in [6.45, 7) is 2.00. The highest BCUT2D eigenvalue weighted by Gasteiger charge is 2.40. The third-order valence-electron chi connectivity index (χ3n) is 4.47. The highest BCUT2D eigenvalue weighted by molar-refractivity contribution is 6.27. The highest BCUT2D eigenvalue weighted by Crippen LogP contribution is 2.40. The zero-order chi connectivity index (χ0) is 15.4. The van der Waals surface area contributed by atoms with Crippen LogP contribution in [0.4, 0.5) is 5.69 Å². The largest absolute Gasteiger partial charge is 0.295 e. The molecule has 2 aliphatic heterocycles. The van der Waals surface area contributed by atoms with Crippen LogP contribution >= 0.6 is 0 Å². The molecule has 4 rings (SSSR count). The van der Waals surface area contributed by atoms with Crippen molar-refractivity contribution in [2.24, 2.45) is 0 Å². The Hall–Kier alpha value is -2.69. The molecule has 0 spiro atoms. The maximum atomic E-state index is 12.8. The monoisotopic (exact) mass is 294 g/mol. The number of piperidine rings is 1. The Kier molecular flexibility index (Phi) is 2.60. The van der Waals surface area contributed by atoms with Gasteiger partial charge in [-0.1, -0.05) is 18.2 Å². The van der Waals surface area contributed by atoms with Crippen molar-refractivity contribution >= 4 is 34.2 Å². The van der Waals surface area contributed by atoms with E-state index < -0.39 is 11.9 Å². The number of carbonyl (C=O) groups is 3. The van der Waals surface area contributed by atoms with Crippen molar-refractivity contribution in [3.63, 3.8) is 0 Å². The molecule has 1 N–H and O–H groups in total. The van der Waals surface area contributed by atoms with E-state index in [0.717, 1.165) is 22.0 Å². The van der Waals surface area contributed by atoms with Gasteiger partial charge in [0, 0.05) is 17.4 Å². The van der Waals surface area contributed by atoms with Crippen molar-refractivity contribution < 1.29 is 14.4 Å². The summed E-state index contributed by atoms with van der Waals surface area (Å²) in [5.41, 5.74) is 2.48. The summed E-state index contributed by atoms with van der Waals surface area (Å²) in [5, 5.41) is 4.25. The predicted molar refractivity (Wildman–Crippen MR) is 81.7 cm³/mol. The third-order valence-corrected chi connectivity index (χ3v) is 4.47. The summed E-state index contributed by atoms with van der Waals surface area (Å²) in [7, 11) is 0. The molecular weight excluding hydrogens is 280 g/mol. The van der Waals surface area contributed by atoms with Crippen LogP contribution in [0.25, 0.3) is 10.8 Å². The van der Waals surface area contributed by atoms with Crippen molar-refractivity contribution in [2.75, 3.05) is 4.90 Å². The number of amides is 3. The summed E-state index contributed by atoms with van der Waals surface area (Å²) in [4.78, 5) is 37.8. The Bertz CT molecular complexity index is 856. The quantitative estimate of drug-likeness (QED) is 0.817. The summed E-state index contributed by atoms with van der Waals surface area (Å²) in [6, 6.07) is 8.86. The van der Waals surface area contributed by atoms with Crippen molar-refractivity contribution in [1.82, 2.24) is 5.32 Å². The maximum Gasteiger partial charge on any atom is 0.259 e. The summed E-state index contributed by atoms with van der Waals surface area (Å²) in [5.74, 6) is -0.841. The fourth-order valence-corrected chi connectivity index (χ4v) is 3.39. The van der Waals surface area contributed by atoms with Gasteiger partial charge in [0.1, 0.15) is 6.04 Å². The molecule has 1 atom stereocenters. The number of aryl methyl sites for hydroxylation is 1. The van der Waals surface area contributed by atoms with Crippen LogP contribution in [0.15, 0.2) is 30.3 Å². The molecule has 0 aromatic heterocycles. The Labute approximate surface area is 126 Å². The summed E-state index contributed by atoms with van der Waals surface area (Å²) in [6.07, 6.45) is 0.616. The van der Waals surface area contributed by atoms with Crippen LogP contribution in [0.2, 0.25) is 0 Å². The van der Waals surface area contributed by atoms with Gasteiger partial charge in [-0.3, -0.25) is 24.6 Å². The van der Waals surface area contributed by atoms with Gasteiger partial charge in [-0.15, -0.1) is 0 Å². The summed E-state index contributed by atoms with van der Waals surface area (Å²) >= 11 is 0. The van der Waals surface area contributed by atoms with E-state index in [4.69, 9.17) is 0 Å². The van der Waals surface area contributed by atoms with E-state index in [1.54, 1.807) is 4.90 Å². The molecule has 5 heteroatoms. The number of nitrogens with zero attached hydrogens (tertiary/aromatic N) is 1. The van der Waals surface area contributed by atoms with E-state index in [0.29, 0.717) is 12.0 Å². The smallest absolute Gasteiger partial charge is 0.259 e. The van der Waals surface area contributed by atoms with E-state index >= 15 is 0 Å². The first kappa shape index (κ1) is 13.0. The zero-order valence-corrected chi connectivity index (χ0v) is 12.1. The first-order valence-corrected chi connectivity index (χ1v) is 7.27. The highest BCUT2D eigenvalue weighted by atomic mass is 16.2. The zero-order valence-electron chi connectivity index (χ0n) is 12.1. The lowest BCUT2D eigenvalue weighted by Gasteiger charge is -2.30. The molecule has 2 heterocycles. The van der Waals surface area contributed by atoms with Gasteiger partial charge in [0.25, 0.3) is 5.91 Å². The lowest BCUT2D eigenvalue weighted by atomic mass is 10.0. The molecule has 1 saturated heterocycles. The molecule has 3 amide bonds. The van der Waals surface area contributed by atoms with Gasteiger partial charge < -0.3 is 0 Å². The van der Waals surface area contributed by atoms with E-state index in [1.165, 1.54) is 0 Å². The number of nitrogens with one attached hydrogen (secondary N) is 1. The minimum atomic E-state index is -0.622. The molecule has 2 aromatic rings. The molecule has 0 aliphatic carbocycles. The normalized spacial score (nSPS) is 20.7. The molecule has 22 heavy (non-hydrogen) atoms. The topological polar surface area (TPSA) is 66.5 Å². The van der Waals surface area contributed by atoms with Gasteiger partial charge in [-0.25, -0.2) is 0 Å². The molecule has 1 unspecified atom stereocenters.